The topological polar surface area (TPSA) is 121 Å². The predicted octanol–water partition coefficient (Wildman–Crippen LogP) is 2.88. The molecule has 9 heteroatoms. The van der Waals surface area contributed by atoms with Crippen LogP contribution in [0.1, 0.15) is 18.1 Å². The fraction of sp³-hybridized carbons (Fsp3) is 0.360. The first kappa shape index (κ1) is 24.9. The molecule has 180 valence electrons. The molecule has 1 N–H and O–H groups in total. The van der Waals surface area contributed by atoms with Gasteiger partial charge in [-0.05, 0) is 41.8 Å². The van der Waals surface area contributed by atoms with Gasteiger partial charge in [-0.25, -0.2) is 9.59 Å². The second kappa shape index (κ2) is 11.9. The standard InChI is InChI=1S/C25H27NO8/c1-3-16-11-19(31-10-9-27)7-8-21(16)22-12-17-5-6-20(13-23(17)34-25(22)29)32-14-18(26-30)15-33-24(28)4-2/h4-8,11-13,17-18,23,27H,2-3,9-10,14-15H2,1H3. The monoisotopic (exact) mass is 469 g/mol. The Balaban J connectivity index is 1.68. The van der Waals surface area contributed by atoms with Gasteiger partial charge in [0, 0.05) is 12.0 Å². The lowest BCUT2D eigenvalue weighted by molar-refractivity contribution is -0.141. The number of aliphatic hydroxyl groups excluding tert-OH is 1. The summed E-state index contributed by atoms with van der Waals surface area (Å²) in [4.78, 5) is 34.9. The minimum Gasteiger partial charge on any atom is -0.491 e. The number of hydrogen-bond acceptors (Lipinski definition) is 9. The van der Waals surface area contributed by atoms with Crippen molar-refractivity contribution in [3.8, 4) is 5.75 Å². The molecule has 1 aromatic rings. The molecule has 0 radical (unpaired) electrons. The molecule has 0 bridgehead atoms. The molecule has 0 spiro atoms. The van der Waals surface area contributed by atoms with Crippen LogP contribution in [0, 0.1) is 10.8 Å². The summed E-state index contributed by atoms with van der Waals surface area (Å²) < 4.78 is 21.6. The van der Waals surface area contributed by atoms with Gasteiger partial charge in [-0.2, -0.15) is 4.91 Å². The van der Waals surface area contributed by atoms with E-state index in [9.17, 15) is 14.5 Å². The smallest absolute Gasteiger partial charge is 0.339 e. The number of aryl methyl sites for hydroxylation is 1. The average Bonchev–Trinajstić information content (AvgIpc) is 2.86. The van der Waals surface area contributed by atoms with Gasteiger partial charge in [0.05, 0.1) is 12.2 Å². The molecule has 0 saturated carbocycles. The quantitative estimate of drug-likeness (QED) is 0.282. The Morgan fingerprint density at radius 1 is 1.29 bits per heavy atom. The summed E-state index contributed by atoms with van der Waals surface area (Å²) >= 11 is 0. The molecule has 1 aliphatic carbocycles. The van der Waals surface area contributed by atoms with E-state index in [0.29, 0.717) is 23.5 Å². The molecule has 3 unspecified atom stereocenters. The van der Waals surface area contributed by atoms with Crippen LogP contribution in [0.25, 0.3) is 5.57 Å². The molecular weight excluding hydrogens is 442 g/mol. The number of fused-ring (bicyclic) bond motifs is 1. The summed E-state index contributed by atoms with van der Waals surface area (Å²) in [5.74, 6) is -0.224. The molecule has 0 amide bonds. The van der Waals surface area contributed by atoms with Gasteiger partial charge in [0.2, 0.25) is 0 Å². The van der Waals surface area contributed by atoms with Gasteiger partial charge in [0.15, 0.2) is 6.04 Å². The van der Waals surface area contributed by atoms with Gasteiger partial charge in [-0.1, -0.05) is 36.9 Å². The first-order chi connectivity index (χ1) is 16.5. The third kappa shape index (κ3) is 6.20. The van der Waals surface area contributed by atoms with Gasteiger partial charge < -0.3 is 24.1 Å². The molecule has 2 aliphatic rings. The number of ether oxygens (including phenoxy) is 4. The van der Waals surface area contributed by atoms with Crippen molar-refractivity contribution in [3.05, 3.63) is 77.0 Å². The van der Waals surface area contributed by atoms with Crippen LogP contribution in [-0.4, -0.2) is 55.6 Å². The zero-order chi connectivity index (χ0) is 24.5. The maximum absolute atomic E-state index is 12.8. The number of carbonyl (C=O) groups excluding carboxylic acids is 2. The van der Waals surface area contributed by atoms with Crippen molar-refractivity contribution in [1.29, 1.82) is 0 Å². The van der Waals surface area contributed by atoms with Crippen molar-refractivity contribution in [2.24, 2.45) is 11.1 Å². The Bertz CT molecular complexity index is 1030. The van der Waals surface area contributed by atoms with Crippen LogP contribution in [0.4, 0.5) is 0 Å². The van der Waals surface area contributed by atoms with Crippen molar-refractivity contribution in [2.45, 2.75) is 25.5 Å². The SMILES string of the molecule is C=CC(=O)OCC(COC1=CC2OC(=O)C(c3ccc(OCCO)cc3CC)=CC2C=C1)N=O. The number of carbonyl (C=O) groups is 2. The van der Waals surface area contributed by atoms with E-state index in [2.05, 4.69) is 11.8 Å². The van der Waals surface area contributed by atoms with E-state index >= 15 is 0 Å². The third-order valence-corrected chi connectivity index (χ3v) is 5.30. The van der Waals surface area contributed by atoms with Crippen LogP contribution in [0.5, 0.6) is 5.75 Å². The van der Waals surface area contributed by atoms with Crippen LogP contribution in [0.15, 0.2) is 66.1 Å². The summed E-state index contributed by atoms with van der Waals surface area (Å²) in [7, 11) is 0. The summed E-state index contributed by atoms with van der Waals surface area (Å²) in [6.45, 7) is 5.07. The van der Waals surface area contributed by atoms with E-state index < -0.39 is 24.1 Å². The molecule has 9 nitrogen and oxygen atoms in total. The molecule has 1 aliphatic heterocycles. The first-order valence-electron chi connectivity index (χ1n) is 10.9. The number of allylic oxidation sites excluding steroid dienone is 1. The third-order valence-electron chi connectivity index (χ3n) is 5.30. The molecule has 1 aromatic carbocycles. The zero-order valence-electron chi connectivity index (χ0n) is 18.8. The highest BCUT2D eigenvalue weighted by molar-refractivity contribution is 6.17. The van der Waals surface area contributed by atoms with Crippen LogP contribution in [0.3, 0.4) is 0 Å². The van der Waals surface area contributed by atoms with Crippen molar-refractivity contribution in [3.63, 3.8) is 0 Å². The number of esters is 2. The lowest BCUT2D eigenvalue weighted by atomic mass is 9.88. The second-order valence-corrected chi connectivity index (χ2v) is 7.60. The van der Waals surface area contributed by atoms with E-state index in [4.69, 9.17) is 24.1 Å². The number of hydrogen-bond donors (Lipinski definition) is 1. The Labute approximate surface area is 197 Å². The van der Waals surface area contributed by atoms with Crippen LogP contribution < -0.4 is 4.74 Å². The highest BCUT2D eigenvalue weighted by atomic mass is 16.5. The lowest BCUT2D eigenvalue weighted by Crippen LogP contribution is -2.31. The second-order valence-electron chi connectivity index (χ2n) is 7.60. The van der Waals surface area contributed by atoms with Crippen LogP contribution >= 0.6 is 0 Å². The number of rotatable bonds is 12. The molecule has 3 atom stereocenters. The lowest BCUT2D eigenvalue weighted by Gasteiger charge is -2.29. The minimum absolute atomic E-state index is 0.0790. The van der Waals surface area contributed by atoms with E-state index in [-0.39, 0.29) is 32.3 Å². The highest BCUT2D eigenvalue weighted by Gasteiger charge is 2.32. The van der Waals surface area contributed by atoms with Gasteiger partial charge >= 0.3 is 11.9 Å². The maximum Gasteiger partial charge on any atom is 0.339 e. The summed E-state index contributed by atoms with van der Waals surface area (Å²) in [6.07, 6.45) is 8.27. The number of benzene rings is 1. The van der Waals surface area contributed by atoms with Crippen LogP contribution in [0.2, 0.25) is 0 Å². The molecule has 34 heavy (non-hydrogen) atoms. The van der Waals surface area contributed by atoms with Crippen LogP contribution in [-0.2, 0) is 30.2 Å². The van der Waals surface area contributed by atoms with Crippen molar-refractivity contribution < 1.29 is 33.6 Å². The zero-order valence-corrected chi connectivity index (χ0v) is 18.8. The largest absolute Gasteiger partial charge is 0.491 e. The summed E-state index contributed by atoms with van der Waals surface area (Å²) in [5.41, 5.74) is 2.18. The van der Waals surface area contributed by atoms with E-state index in [1.807, 2.05) is 31.2 Å². The molecule has 0 aromatic heterocycles. The van der Waals surface area contributed by atoms with Gasteiger partial charge in [-0.15, -0.1) is 0 Å². The van der Waals surface area contributed by atoms with E-state index in [1.165, 1.54) is 0 Å². The van der Waals surface area contributed by atoms with E-state index in [0.717, 1.165) is 17.2 Å². The molecule has 1 heterocycles. The first-order valence-corrected chi connectivity index (χ1v) is 10.9. The van der Waals surface area contributed by atoms with E-state index in [1.54, 1.807) is 18.2 Å². The van der Waals surface area contributed by atoms with Gasteiger partial charge in [0.25, 0.3) is 0 Å². The van der Waals surface area contributed by atoms with Crippen molar-refractivity contribution in [1.82, 2.24) is 0 Å². The number of aliphatic hydroxyl groups is 1. The predicted molar refractivity (Wildman–Crippen MR) is 124 cm³/mol. The number of nitroso groups, excluding NO2 is 1. The summed E-state index contributed by atoms with van der Waals surface area (Å²) in [5, 5.41) is 11.8. The average molecular weight is 469 g/mol. The normalized spacial score (nSPS) is 19.6. The fourth-order valence-corrected chi connectivity index (χ4v) is 3.57. The highest BCUT2D eigenvalue weighted by Crippen LogP contribution is 2.34. The molecular formula is C25H27NO8. The Morgan fingerprint density at radius 2 is 2.12 bits per heavy atom. The van der Waals surface area contributed by atoms with Crippen molar-refractivity contribution in [2.75, 3.05) is 26.4 Å². The van der Waals surface area contributed by atoms with Gasteiger partial charge in [0.1, 0.15) is 37.4 Å². The molecule has 0 saturated heterocycles. The Morgan fingerprint density at radius 3 is 2.82 bits per heavy atom. The molecule has 0 fully saturated rings. The van der Waals surface area contributed by atoms with Gasteiger partial charge in [-0.3, -0.25) is 0 Å². The van der Waals surface area contributed by atoms with Crippen molar-refractivity contribution >= 4 is 17.5 Å². The summed E-state index contributed by atoms with van der Waals surface area (Å²) in [6, 6.07) is 4.56. The Kier molecular flexibility index (Phi) is 8.75. The maximum atomic E-state index is 12.8. The minimum atomic E-state index is -0.881. The fourth-order valence-electron chi connectivity index (χ4n) is 3.57. The number of nitrogens with zero attached hydrogens (tertiary/aromatic N) is 1. The Hall–Kier alpha value is -3.72. The molecule has 3 rings (SSSR count).